The highest BCUT2D eigenvalue weighted by Gasteiger charge is 2.11. The van der Waals surface area contributed by atoms with Gasteiger partial charge in [-0.2, -0.15) is 0 Å². The van der Waals surface area contributed by atoms with Crippen molar-refractivity contribution >= 4 is 46.6 Å². The van der Waals surface area contributed by atoms with E-state index in [1.807, 2.05) is 6.07 Å². The molecule has 0 amide bonds. The normalized spacial score (nSPS) is 11.4. The van der Waals surface area contributed by atoms with E-state index in [1.165, 1.54) is 30.4 Å². The van der Waals surface area contributed by atoms with Gasteiger partial charge in [-0.15, -0.1) is 0 Å². The van der Waals surface area contributed by atoms with Gasteiger partial charge in [0.2, 0.25) is 0 Å². The molecule has 0 saturated heterocycles. The lowest BCUT2D eigenvalue weighted by molar-refractivity contribution is -0.385. The standard InChI is InChI=1S/C23H16Cl2N2O5/c24-18-11-13-22(19(25)14-18)31-15-23(28)32-26-20(16-6-2-1-3-7-16)12-10-17-8-4-5-9-21(17)27(29)30/h1-14H,15H2/b12-10+,26-20+. The first kappa shape index (κ1) is 23.0. The Morgan fingerprint density at radius 1 is 1.03 bits per heavy atom. The summed E-state index contributed by atoms with van der Waals surface area (Å²) in [6.07, 6.45) is 3.06. The number of ether oxygens (including phenoxy) is 1. The summed E-state index contributed by atoms with van der Waals surface area (Å²) >= 11 is 11.8. The number of benzene rings is 3. The third-order valence-corrected chi connectivity index (χ3v) is 4.64. The van der Waals surface area contributed by atoms with E-state index in [9.17, 15) is 14.9 Å². The summed E-state index contributed by atoms with van der Waals surface area (Å²) in [6, 6.07) is 19.8. The fraction of sp³-hybridized carbons (Fsp3) is 0.0435. The minimum absolute atomic E-state index is 0.0543. The number of halogens is 2. The van der Waals surface area contributed by atoms with E-state index in [-0.39, 0.29) is 16.5 Å². The van der Waals surface area contributed by atoms with Crippen LogP contribution in [0.5, 0.6) is 5.75 Å². The molecule has 3 aromatic rings. The van der Waals surface area contributed by atoms with Crippen molar-refractivity contribution in [1.82, 2.24) is 0 Å². The number of hydrogen-bond acceptors (Lipinski definition) is 6. The van der Waals surface area contributed by atoms with Crippen molar-refractivity contribution in [2.75, 3.05) is 6.61 Å². The first-order chi connectivity index (χ1) is 15.4. The van der Waals surface area contributed by atoms with E-state index in [0.717, 1.165) is 0 Å². The summed E-state index contributed by atoms with van der Waals surface area (Å²) in [5, 5.41) is 15.8. The second-order valence-corrected chi connectivity index (χ2v) is 7.16. The highest BCUT2D eigenvalue weighted by molar-refractivity contribution is 6.35. The van der Waals surface area contributed by atoms with Crippen LogP contribution < -0.4 is 4.74 Å². The second-order valence-electron chi connectivity index (χ2n) is 6.32. The van der Waals surface area contributed by atoms with Gasteiger partial charge in [0.1, 0.15) is 11.5 Å². The number of nitro benzene ring substituents is 1. The van der Waals surface area contributed by atoms with Gasteiger partial charge in [-0.05, 0) is 36.4 Å². The zero-order valence-electron chi connectivity index (χ0n) is 16.5. The van der Waals surface area contributed by atoms with Crippen LogP contribution in [0.3, 0.4) is 0 Å². The molecular formula is C23H16Cl2N2O5. The van der Waals surface area contributed by atoms with Crippen molar-refractivity contribution in [3.63, 3.8) is 0 Å². The van der Waals surface area contributed by atoms with Crippen LogP contribution in [0, 0.1) is 10.1 Å². The van der Waals surface area contributed by atoms with E-state index in [4.69, 9.17) is 32.8 Å². The molecule has 0 atom stereocenters. The highest BCUT2D eigenvalue weighted by Crippen LogP contribution is 2.27. The molecule has 0 aliphatic carbocycles. The van der Waals surface area contributed by atoms with Crippen LogP contribution in [0.15, 0.2) is 84.0 Å². The van der Waals surface area contributed by atoms with Gasteiger partial charge in [-0.3, -0.25) is 10.1 Å². The maximum atomic E-state index is 12.1. The zero-order chi connectivity index (χ0) is 22.9. The third kappa shape index (κ3) is 6.41. The van der Waals surface area contributed by atoms with Gasteiger partial charge in [0.15, 0.2) is 6.61 Å². The summed E-state index contributed by atoms with van der Waals surface area (Å²) < 4.78 is 5.34. The molecule has 7 nitrogen and oxygen atoms in total. The van der Waals surface area contributed by atoms with E-state index < -0.39 is 17.5 Å². The monoisotopic (exact) mass is 470 g/mol. The fourth-order valence-corrected chi connectivity index (χ4v) is 3.07. The van der Waals surface area contributed by atoms with Gasteiger partial charge in [0.25, 0.3) is 5.69 Å². The van der Waals surface area contributed by atoms with Gasteiger partial charge in [0, 0.05) is 16.7 Å². The Balaban J connectivity index is 1.76. The minimum atomic E-state index is -0.761. The molecule has 0 heterocycles. The van der Waals surface area contributed by atoms with E-state index in [1.54, 1.807) is 48.5 Å². The van der Waals surface area contributed by atoms with Crippen LogP contribution in [-0.2, 0) is 9.63 Å². The van der Waals surface area contributed by atoms with E-state index in [2.05, 4.69) is 5.16 Å². The highest BCUT2D eigenvalue weighted by atomic mass is 35.5. The first-order valence-electron chi connectivity index (χ1n) is 9.26. The average molecular weight is 471 g/mol. The van der Waals surface area contributed by atoms with Gasteiger partial charge in [0.05, 0.1) is 15.5 Å². The van der Waals surface area contributed by atoms with Crippen molar-refractivity contribution in [1.29, 1.82) is 0 Å². The first-order valence-corrected chi connectivity index (χ1v) is 10.0. The number of hydrogen-bond donors (Lipinski definition) is 0. The molecule has 0 fully saturated rings. The number of carbonyl (C=O) groups is 1. The van der Waals surface area contributed by atoms with Crippen LogP contribution in [0.2, 0.25) is 10.0 Å². The maximum Gasteiger partial charge on any atom is 0.372 e. The molecule has 0 saturated carbocycles. The molecule has 0 aliphatic heterocycles. The van der Waals surface area contributed by atoms with Crippen LogP contribution in [0.4, 0.5) is 5.69 Å². The number of para-hydroxylation sites is 1. The minimum Gasteiger partial charge on any atom is -0.480 e. The van der Waals surface area contributed by atoms with Crippen LogP contribution in [0.25, 0.3) is 6.08 Å². The third-order valence-electron chi connectivity index (χ3n) is 4.11. The quantitative estimate of drug-likeness (QED) is 0.176. The predicted octanol–water partition coefficient (Wildman–Crippen LogP) is 5.94. The number of nitrogens with zero attached hydrogens (tertiary/aromatic N) is 2. The van der Waals surface area contributed by atoms with Crippen LogP contribution >= 0.6 is 23.2 Å². The van der Waals surface area contributed by atoms with Gasteiger partial charge in [-0.25, -0.2) is 4.79 Å². The molecule has 0 N–H and O–H groups in total. The SMILES string of the molecule is O=C(COc1ccc(Cl)cc1Cl)O/N=C(\C=C\c1ccccc1[N+](=O)[O-])c1ccccc1. The topological polar surface area (TPSA) is 91.0 Å². The number of allylic oxidation sites excluding steroid dienone is 1. The summed E-state index contributed by atoms with van der Waals surface area (Å²) in [7, 11) is 0. The van der Waals surface area contributed by atoms with E-state index >= 15 is 0 Å². The Morgan fingerprint density at radius 3 is 2.47 bits per heavy atom. The van der Waals surface area contributed by atoms with Crippen LogP contribution in [-0.4, -0.2) is 23.2 Å². The van der Waals surface area contributed by atoms with Gasteiger partial charge < -0.3 is 9.57 Å². The Bertz CT molecular complexity index is 1180. The van der Waals surface area contributed by atoms with E-state index in [0.29, 0.717) is 21.9 Å². The van der Waals surface area contributed by atoms with Crippen LogP contribution in [0.1, 0.15) is 11.1 Å². The average Bonchev–Trinajstić information content (AvgIpc) is 2.79. The Hall–Kier alpha value is -3.68. The fourth-order valence-electron chi connectivity index (χ4n) is 2.61. The molecule has 0 unspecified atom stereocenters. The number of rotatable bonds is 8. The largest absolute Gasteiger partial charge is 0.480 e. The Kier molecular flexibility index (Phi) is 7.96. The summed E-state index contributed by atoms with van der Waals surface area (Å²) in [5.41, 5.74) is 1.27. The Labute approximate surface area is 193 Å². The molecule has 3 rings (SSSR count). The molecule has 32 heavy (non-hydrogen) atoms. The maximum absolute atomic E-state index is 12.1. The van der Waals surface area contributed by atoms with Crippen molar-refractivity contribution in [3.05, 3.63) is 110 Å². The van der Waals surface area contributed by atoms with Crippen molar-refractivity contribution < 1.29 is 19.3 Å². The van der Waals surface area contributed by atoms with Crippen molar-refractivity contribution in [3.8, 4) is 5.75 Å². The number of carbonyl (C=O) groups excluding carboxylic acids is 1. The Morgan fingerprint density at radius 2 is 1.75 bits per heavy atom. The molecular weight excluding hydrogens is 455 g/mol. The molecule has 162 valence electrons. The summed E-state index contributed by atoms with van der Waals surface area (Å²) in [6.45, 7) is -0.430. The number of nitro groups is 1. The molecule has 0 aliphatic rings. The molecule has 9 heteroatoms. The summed E-state index contributed by atoms with van der Waals surface area (Å²) in [4.78, 5) is 27.8. The van der Waals surface area contributed by atoms with Gasteiger partial charge >= 0.3 is 5.97 Å². The lowest BCUT2D eigenvalue weighted by Gasteiger charge is -2.07. The second kappa shape index (κ2) is 11.1. The predicted molar refractivity (Wildman–Crippen MR) is 123 cm³/mol. The molecule has 0 aromatic heterocycles. The lowest BCUT2D eigenvalue weighted by atomic mass is 10.1. The molecule has 3 aromatic carbocycles. The number of oxime groups is 1. The molecule has 0 bridgehead atoms. The van der Waals surface area contributed by atoms with Crippen molar-refractivity contribution in [2.45, 2.75) is 0 Å². The zero-order valence-corrected chi connectivity index (χ0v) is 18.0. The van der Waals surface area contributed by atoms with Crippen molar-refractivity contribution in [2.24, 2.45) is 5.16 Å². The lowest BCUT2D eigenvalue weighted by Crippen LogP contribution is -2.13. The smallest absolute Gasteiger partial charge is 0.372 e. The molecule has 0 spiro atoms. The molecule has 0 radical (unpaired) electrons. The van der Waals surface area contributed by atoms with Gasteiger partial charge in [-0.1, -0.05) is 70.8 Å². The summed E-state index contributed by atoms with van der Waals surface area (Å²) in [5.74, 6) is -0.486.